The number of carbonyl (C=O) groups is 1. The van der Waals surface area contributed by atoms with Gasteiger partial charge in [0, 0.05) is 4.90 Å². The topological polar surface area (TPSA) is 55.1 Å². The minimum Gasteiger partial charge on any atom is -0.330 e. The molecule has 0 bridgehead atoms. The zero-order chi connectivity index (χ0) is 13.3. The van der Waals surface area contributed by atoms with Crippen LogP contribution in [0.15, 0.2) is 23.1 Å². The summed E-state index contributed by atoms with van der Waals surface area (Å²) >= 11 is 1.62. The Balaban J connectivity index is 2.32. The van der Waals surface area contributed by atoms with Gasteiger partial charge in [0.25, 0.3) is 0 Å². The quantitative estimate of drug-likeness (QED) is 0.882. The van der Waals surface area contributed by atoms with Gasteiger partial charge >= 0.3 is 0 Å². The van der Waals surface area contributed by atoms with E-state index < -0.39 is 0 Å². The second-order valence-corrected chi connectivity index (χ2v) is 6.47. The molecule has 1 aliphatic heterocycles. The molecule has 2 rings (SSSR count). The second-order valence-electron chi connectivity index (χ2n) is 5.09. The highest BCUT2D eigenvalue weighted by Crippen LogP contribution is 2.38. The minimum absolute atomic E-state index is 0.0249. The van der Waals surface area contributed by atoms with Crippen molar-refractivity contribution in [2.75, 3.05) is 11.9 Å². The molecule has 1 heterocycles. The van der Waals surface area contributed by atoms with Crippen LogP contribution < -0.4 is 11.1 Å². The highest BCUT2D eigenvalue weighted by molar-refractivity contribution is 8.00. The smallest absolute Gasteiger partial charge is 0.237 e. The van der Waals surface area contributed by atoms with Gasteiger partial charge < -0.3 is 11.1 Å². The van der Waals surface area contributed by atoms with Crippen molar-refractivity contribution in [3.8, 4) is 0 Å². The third-order valence-electron chi connectivity index (χ3n) is 3.42. The molecular weight excluding hydrogens is 244 g/mol. The molecule has 98 valence electrons. The van der Waals surface area contributed by atoms with Gasteiger partial charge in [0.1, 0.15) is 0 Å². The number of hydrogen-bond acceptors (Lipinski definition) is 3. The van der Waals surface area contributed by atoms with Crippen LogP contribution in [0.4, 0.5) is 5.69 Å². The minimum atomic E-state index is -0.0249. The van der Waals surface area contributed by atoms with E-state index in [1.165, 1.54) is 5.56 Å². The Morgan fingerprint density at radius 2 is 2.17 bits per heavy atom. The van der Waals surface area contributed by atoms with E-state index in [0.717, 1.165) is 10.6 Å². The number of amides is 1. The number of benzene rings is 1. The fourth-order valence-corrected chi connectivity index (χ4v) is 3.24. The molecule has 1 aliphatic rings. The van der Waals surface area contributed by atoms with Crippen molar-refractivity contribution in [2.24, 2.45) is 11.7 Å². The van der Waals surface area contributed by atoms with E-state index in [1.807, 2.05) is 13.0 Å². The van der Waals surface area contributed by atoms with E-state index in [1.54, 1.807) is 11.8 Å². The van der Waals surface area contributed by atoms with E-state index >= 15 is 0 Å². The molecule has 2 atom stereocenters. The SMILES string of the molecule is CC1Sc2cc(C(CN)C(C)C)ccc2NC1=O. The van der Waals surface area contributed by atoms with Crippen LogP contribution in [0.1, 0.15) is 32.3 Å². The molecule has 0 fully saturated rings. The number of rotatable bonds is 3. The van der Waals surface area contributed by atoms with E-state index in [4.69, 9.17) is 5.73 Å². The first-order valence-corrected chi connectivity index (χ1v) is 7.22. The molecular formula is C14H20N2OS. The summed E-state index contributed by atoms with van der Waals surface area (Å²) in [5.74, 6) is 0.983. The molecule has 1 aromatic carbocycles. The first-order chi connectivity index (χ1) is 8.52. The molecule has 0 aliphatic carbocycles. The van der Waals surface area contributed by atoms with Crippen molar-refractivity contribution in [3.63, 3.8) is 0 Å². The molecule has 0 aromatic heterocycles. The molecule has 0 radical (unpaired) electrons. The summed E-state index contributed by atoms with van der Waals surface area (Å²) in [6.45, 7) is 6.96. The van der Waals surface area contributed by atoms with Crippen LogP contribution in [0.25, 0.3) is 0 Å². The summed E-state index contributed by atoms with van der Waals surface area (Å²) in [5.41, 5.74) is 8.04. The van der Waals surface area contributed by atoms with Gasteiger partial charge in [-0.2, -0.15) is 0 Å². The summed E-state index contributed by atoms with van der Waals surface area (Å²) in [7, 11) is 0. The van der Waals surface area contributed by atoms with Gasteiger partial charge in [-0.15, -0.1) is 11.8 Å². The van der Waals surface area contributed by atoms with E-state index in [0.29, 0.717) is 18.4 Å². The van der Waals surface area contributed by atoms with Crippen LogP contribution in [-0.2, 0) is 4.79 Å². The van der Waals surface area contributed by atoms with Crippen LogP contribution in [0.2, 0.25) is 0 Å². The highest BCUT2D eigenvalue weighted by Gasteiger charge is 2.24. The fraction of sp³-hybridized carbons (Fsp3) is 0.500. The van der Waals surface area contributed by atoms with Gasteiger partial charge in [0.05, 0.1) is 10.9 Å². The average Bonchev–Trinajstić information content (AvgIpc) is 2.31. The number of nitrogens with one attached hydrogen (secondary N) is 1. The summed E-state index contributed by atoms with van der Waals surface area (Å²) in [5, 5.41) is 2.91. The van der Waals surface area contributed by atoms with Crippen molar-refractivity contribution in [3.05, 3.63) is 23.8 Å². The largest absolute Gasteiger partial charge is 0.330 e. The third-order valence-corrected chi connectivity index (χ3v) is 4.58. The predicted octanol–water partition coefficient (Wildman–Crippen LogP) is 2.82. The van der Waals surface area contributed by atoms with E-state index in [9.17, 15) is 4.79 Å². The van der Waals surface area contributed by atoms with E-state index in [2.05, 4.69) is 31.3 Å². The number of nitrogens with two attached hydrogens (primary N) is 1. The maximum atomic E-state index is 11.6. The maximum absolute atomic E-state index is 11.6. The summed E-state index contributed by atoms with van der Waals surface area (Å²) in [4.78, 5) is 12.7. The molecule has 2 unspecified atom stereocenters. The first kappa shape index (κ1) is 13.4. The number of hydrogen-bond donors (Lipinski definition) is 2. The maximum Gasteiger partial charge on any atom is 0.237 e. The summed E-state index contributed by atoms with van der Waals surface area (Å²) in [6, 6.07) is 6.24. The molecule has 0 spiro atoms. The molecule has 1 aromatic rings. The Morgan fingerprint density at radius 1 is 1.44 bits per heavy atom. The van der Waals surface area contributed by atoms with E-state index in [-0.39, 0.29) is 11.2 Å². The Hall–Kier alpha value is -1.00. The van der Waals surface area contributed by atoms with Crippen molar-refractivity contribution in [1.29, 1.82) is 0 Å². The van der Waals surface area contributed by atoms with Crippen LogP contribution in [0.3, 0.4) is 0 Å². The monoisotopic (exact) mass is 264 g/mol. The average molecular weight is 264 g/mol. The van der Waals surface area contributed by atoms with Gasteiger partial charge in [-0.1, -0.05) is 19.9 Å². The predicted molar refractivity (Wildman–Crippen MR) is 77.0 cm³/mol. The number of fused-ring (bicyclic) bond motifs is 1. The van der Waals surface area contributed by atoms with Crippen molar-refractivity contribution in [1.82, 2.24) is 0 Å². The molecule has 3 N–H and O–H groups in total. The van der Waals surface area contributed by atoms with Crippen LogP contribution in [0.5, 0.6) is 0 Å². The normalized spacial score (nSPS) is 20.5. The Bertz CT molecular complexity index is 459. The lowest BCUT2D eigenvalue weighted by molar-refractivity contribution is -0.115. The molecule has 1 amide bonds. The number of anilines is 1. The highest BCUT2D eigenvalue weighted by atomic mass is 32.2. The van der Waals surface area contributed by atoms with Gasteiger partial charge in [0.2, 0.25) is 5.91 Å². The van der Waals surface area contributed by atoms with Crippen molar-refractivity contribution in [2.45, 2.75) is 36.8 Å². The summed E-state index contributed by atoms with van der Waals surface area (Å²) < 4.78 is 0. The summed E-state index contributed by atoms with van der Waals surface area (Å²) in [6.07, 6.45) is 0. The lowest BCUT2D eigenvalue weighted by atomic mass is 9.88. The fourth-order valence-electron chi connectivity index (χ4n) is 2.24. The Kier molecular flexibility index (Phi) is 3.97. The Labute approximate surface area is 113 Å². The second kappa shape index (κ2) is 5.33. The molecule has 0 saturated carbocycles. The van der Waals surface area contributed by atoms with Gasteiger partial charge in [-0.3, -0.25) is 4.79 Å². The standard InChI is InChI=1S/C14H20N2OS/c1-8(2)11(7-15)10-4-5-12-13(6-10)18-9(3)14(17)16-12/h4-6,8-9,11H,7,15H2,1-3H3,(H,16,17). The Morgan fingerprint density at radius 3 is 2.78 bits per heavy atom. The van der Waals surface area contributed by atoms with Crippen molar-refractivity contribution >= 4 is 23.4 Å². The van der Waals surface area contributed by atoms with Crippen LogP contribution >= 0.6 is 11.8 Å². The van der Waals surface area contributed by atoms with Gasteiger partial charge in [-0.25, -0.2) is 0 Å². The molecule has 18 heavy (non-hydrogen) atoms. The van der Waals surface area contributed by atoms with Crippen molar-refractivity contribution < 1.29 is 4.79 Å². The molecule has 3 nitrogen and oxygen atoms in total. The number of thioether (sulfide) groups is 1. The zero-order valence-corrected chi connectivity index (χ0v) is 11.9. The van der Waals surface area contributed by atoms with Gasteiger partial charge in [-0.05, 0) is 43.0 Å². The van der Waals surface area contributed by atoms with Crippen LogP contribution in [-0.4, -0.2) is 17.7 Å². The zero-order valence-electron chi connectivity index (χ0n) is 11.1. The third kappa shape index (κ3) is 2.54. The molecule has 4 heteroatoms. The molecule has 0 saturated heterocycles. The van der Waals surface area contributed by atoms with Crippen LogP contribution in [0, 0.1) is 5.92 Å². The van der Waals surface area contributed by atoms with Gasteiger partial charge in [0.15, 0.2) is 0 Å². The lowest BCUT2D eigenvalue weighted by Crippen LogP contribution is -2.26. The first-order valence-electron chi connectivity index (χ1n) is 6.34. The lowest BCUT2D eigenvalue weighted by Gasteiger charge is -2.25. The number of carbonyl (C=O) groups excluding carboxylic acids is 1.